The molecule has 6 heteroatoms. The van der Waals surface area contributed by atoms with Crippen molar-refractivity contribution in [3.63, 3.8) is 0 Å². The highest BCUT2D eigenvalue weighted by Gasteiger charge is 2.20. The number of aromatic nitrogens is 1. The van der Waals surface area contributed by atoms with Crippen molar-refractivity contribution in [3.8, 4) is 0 Å². The van der Waals surface area contributed by atoms with Crippen LogP contribution in [0.1, 0.15) is 51.7 Å². The van der Waals surface area contributed by atoms with Gasteiger partial charge in [-0.05, 0) is 62.9 Å². The van der Waals surface area contributed by atoms with Gasteiger partial charge in [0.2, 0.25) is 5.91 Å². The summed E-state index contributed by atoms with van der Waals surface area (Å²) in [4.78, 5) is 31.7. The molecule has 2 aromatic rings. The molecule has 1 unspecified atom stereocenters. The molecule has 1 heterocycles. The maximum atomic E-state index is 12.5. The summed E-state index contributed by atoms with van der Waals surface area (Å²) in [6.45, 7) is 5.44. The minimum Gasteiger partial charge on any atom is -0.343 e. The molecule has 1 aromatic carbocycles. The fraction of sp³-hybridized carbons (Fsp3) is 0.350. The van der Waals surface area contributed by atoms with E-state index in [1.54, 1.807) is 42.6 Å². The van der Waals surface area contributed by atoms with Gasteiger partial charge in [0.25, 0.3) is 5.91 Å². The van der Waals surface area contributed by atoms with Crippen LogP contribution in [-0.4, -0.2) is 23.8 Å². The monoisotopic (exact) mass is 369 g/mol. The molecule has 3 rings (SSSR count). The molecule has 1 aliphatic carbocycles. The number of rotatable bonds is 5. The first kappa shape index (κ1) is 18.3. The number of likely N-dealkylation sites (N-methyl/N-ethyl adjacent to an activating group) is 1. The predicted molar refractivity (Wildman–Crippen MR) is 105 cm³/mol. The van der Waals surface area contributed by atoms with Crippen LogP contribution in [0.5, 0.6) is 0 Å². The summed E-state index contributed by atoms with van der Waals surface area (Å²) in [5.41, 5.74) is 2.48. The van der Waals surface area contributed by atoms with Gasteiger partial charge < -0.3 is 10.2 Å². The Labute approximate surface area is 157 Å². The number of fused-ring (bicyclic) bond motifs is 1. The number of carbonyl (C=O) groups excluding carboxylic acids is 2. The minimum absolute atomic E-state index is 0.122. The topological polar surface area (TPSA) is 62.3 Å². The van der Waals surface area contributed by atoms with Crippen LogP contribution in [0.3, 0.4) is 0 Å². The summed E-state index contributed by atoms with van der Waals surface area (Å²) < 4.78 is 0. The molecule has 1 aliphatic rings. The van der Waals surface area contributed by atoms with Gasteiger partial charge in [0.1, 0.15) is 5.01 Å². The Morgan fingerprint density at radius 2 is 1.96 bits per heavy atom. The zero-order valence-electron chi connectivity index (χ0n) is 15.1. The average molecular weight is 369 g/mol. The van der Waals surface area contributed by atoms with Crippen LogP contribution in [0.15, 0.2) is 36.9 Å². The molecule has 2 amide bonds. The lowest BCUT2D eigenvalue weighted by atomic mass is 10.0. The smallest absolute Gasteiger partial charge is 0.251 e. The van der Waals surface area contributed by atoms with Gasteiger partial charge in [-0.2, -0.15) is 0 Å². The van der Waals surface area contributed by atoms with Crippen LogP contribution in [-0.2, 0) is 17.6 Å². The largest absolute Gasteiger partial charge is 0.343 e. The molecule has 0 spiro atoms. The summed E-state index contributed by atoms with van der Waals surface area (Å²) in [6.07, 6.45) is 5.84. The van der Waals surface area contributed by atoms with Gasteiger partial charge in [-0.15, -0.1) is 11.3 Å². The molecule has 0 saturated carbocycles. The predicted octanol–water partition coefficient (Wildman–Crippen LogP) is 3.66. The van der Waals surface area contributed by atoms with Crippen LogP contribution >= 0.6 is 11.3 Å². The first-order valence-corrected chi connectivity index (χ1v) is 9.60. The molecular formula is C20H23N3O2S. The van der Waals surface area contributed by atoms with E-state index in [1.165, 1.54) is 34.4 Å². The highest BCUT2D eigenvalue weighted by molar-refractivity contribution is 7.11. The van der Waals surface area contributed by atoms with E-state index in [2.05, 4.69) is 11.9 Å². The molecule has 0 radical (unpaired) electrons. The normalized spacial score (nSPS) is 14.2. The van der Waals surface area contributed by atoms with E-state index >= 15 is 0 Å². The molecule has 0 aliphatic heterocycles. The summed E-state index contributed by atoms with van der Waals surface area (Å²) >= 11 is 1.71. The van der Waals surface area contributed by atoms with E-state index in [-0.39, 0.29) is 17.9 Å². The van der Waals surface area contributed by atoms with Gasteiger partial charge in [0, 0.05) is 23.2 Å². The first-order chi connectivity index (χ1) is 12.5. The first-order valence-electron chi connectivity index (χ1n) is 8.79. The Kier molecular flexibility index (Phi) is 5.52. The maximum absolute atomic E-state index is 12.5. The van der Waals surface area contributed by atoms with Gasteiger partial charge in [0.15, 0.2) is 0 Å². The summed E-state index contributed by atoms with van der Waals surface area (Å²) in [7, 11) is 1.67. The maximum Gasteiger partial charge on any atom is 0.251 e. The van der Waals surface area contributed by atoms with Crippen LogP contribution in [0, 0.1) is 0 Å². The van der Waals surface area contributed by atoms with Crippen molar-refractivity contribution < 1.29 is 9.59 Å². The quantitative estimate of drug-likeness (QED) is 0.818. The number of aryl methyl sites for hydroxylation is 2. The lowest BCUT2D eigenvalue weighted by molar-refractivity contribution is -0.113. The van der Waals surface area contributed by atoms with E-state index in [0.717, 1.165) is 17.8 Å². The molecule has 136 valence electrons. The highest BCUT2D eigenvalue weighted by atomic mass is 32.1. The SMILES string of the molecule is C=CC(=O)N(C)c1ccc(C(=O)NC(C)c2nc3c(s2)CCCC3)cc1. The van der Waals surface area contributed by atoms with Crippen LogP contribution in [0.2, 0.25) is 0 Å². The Bertz CT molecular complexity index is 803. The number of nitrogens with zero attached hydrogens (tertiary/aromatic N) is 2. The number of hydrogen-bond donors (Lipinski definition) is 1. The summed E-state index contributed by atoms with van der Waals surface area (Å²) in [5, 5.41) is 3.99. The second-order valence-corrected chi connectivity index (χ2v) is 7.59. The van der Waals surface area contributed by atoms with Crippen LogP contribution in [0.25, 0.3) is 0 Å². The number of anilines is 1. The molecule has 0 bridgehead atoms. The number of benzene rings is 1. The van der Waals surface area contributed by atoms with Crippen molar-refractivity contribution in [2.24, 2.45) is 0 Å². The fourth-order valence-electron chi connectivity index (χ4n) is 3.00. The lowest BCUT2D eigenvalue weighted by Crippen LogP contribution is -2.27. The van der Waals surface area contributed by atoms with Gasteiger partial charge in [-0.1, -0.05) is 6.58 Å². The second kappa shape index (κ2) is 7.83. The van der Waals surface area contributed by atoms with Crippen molar-refractivity contribution in [1.29, 1.82) is 0 Å². The molecule has 26 heavy (non-hydrogen) atoms. The molecule has 1 atom stereocenters. The molecular weight excluding hydrogens is 346 g/mol. The summed E-state index contributed by atoms with van der Waals surface area (Å²) in [6, 6.07) is 6.82. The Morgan fingerprint density at radius 1 is 1.27 bits per heavy atom. The highest BCUT2D eigenvalue weighted by Crippen LogP contribution is 2.29. The summed E-state index contributed by atoms with van der Waals surface area (Å²) in [5.74, 6) is -0.335. The zero-order chi connectivity index (χ0) is 18.7. The van der Waals surface area contributed by atoms with Crippen molar-refractivity contribution in [2.75, 3.05) is 11.9 Å². The Hall–Kier alpha value is -2.47. The van der Waals surface area contributed by atoms with Gasteiger partial charge >= 0.3 is 0 Å². The van der Waals surface area contributed by atoms with Crippen LogP contribution in [0.4, 0.5) is 5.69 Å². The van der Waals surface area contributed by atoms with Gasteiger partial charge in [0.05, 0.1) is 11.7 Å². The third kappa shape index (κ3) is 3.85. The molecule has 0 saturated heterocycles. The third-order valence-electron chi connectivity index (χ3n) is 4.60. The molecule has 1 aromatic heterocycles. The molecule has 5 nitrogen and oxygen atoms in total. The average Bonchev–Trinajstić information content (AvgIpc) is 3.11. The number of nitrogens with one attached hydrogen (secondary N) is 1. The molecule has 1 N–H and O–H groups in total. The number of thiazole rings is 1. The van der Waals surface area contributed by atoms with E-state index in [1.807, 2.05) is 6.92 Å². The van der Waals surface area contributed by atoms with E-state index in [0.29, 0.717) is 11.3 Å². The van der Waals surface area contributed by atoms with E-state index in [9.17, 15) is 9.59 Å². The van der Waals surface area contributed by atoms with E-state index in [4.69, 9.17) is 4.98 Å². The molecule has 0 fully saturated rings. The third-order valence-corrected chi connectivity index (χ3v) is 5.94. The van der Waals surface area contributed by atoms with Crippen LogP contribution < -0.4 is 10.2 Å². The van der Waals surface area contributed by atoms with Crippen molar-refractivity contribution in [3.05, 3.63) is 58.1 Å². The fourth-order valence-corrected chi connectivity index (χ4v) is 4.16. The van der Waals surface area contributed by atoms with Crippen molar-refractivity contribution in [1.82, 2.24) is 10.3 Å². The number of carbonyl (C=O) groups is 2. The van der Waals surface area contributed by atoms with Crippen molar-refractivity contribution in [2.45, 2.75) is 38.6 Å². The Morgan fingerprint density at radius 3 is 2.62 bits per heavy atom. The second-order valence-electron chi connectivity index (χ2n) is 6.47. The van der Waals surface area contributed by atoms with Crippen molar-refractivity contribution >= 4 is 28.8 Å². The van der Waals surface area contributed by atoms with Gasteiger partial charge in [-0.3, -0.25) is 9.59 Å². The number of amides is 2. The zero-order valence-corrected chi connectivity index (χ0v) is 15.9. The van der Waals surface area contributed by atoms with Gasteiger partial charge in [-0.25, -0.2) is 4.98 Å². The lowest BCUT2D eigenvalue weighted by Gasteiger charge is -2.16. The number of hydrogen-bond acceptors (Lipinski definition) is 4. The Balaban J connectivity index is 1.66. The van der Waals surface area contributed by atoms with E-state index < -0.39 is 0 Å². The standard InChI is InChI=1S/C20H23N3O2S/c1-4-18(24)23(3)15-11-9-14(10-12-15)19(25)21-13(2)20-22-16-7-5-6-8-17(16)26-20/h4,9-13H,1,5-8H2,2-3H3,(H,21,25). The minimum atomic E-state index is -0.191.